The van der Waals surface area contributed by atoms with Gasteiger partial charge in [-0.25, -0.2) is 0 Å². The van der Waals surface area contributed by atoms with Crippen LogP contribution < -0.4 is 0 Å². The van der Waals surface area contributed by atoms with Crippen LogP contribution in [0.2, 0.25) is 0 Å². The highest BCUT2D eigenvalue weighted by molar-refractivity contribution is 7.80. The molecule has 0 spiro atoms. The summed E-state index contributed by atoms with van der Waals surface area (Å²) in [5.74, 6) is 0. The summed E-state index contributed by atoms with van der Waals surface area (Å²) in [6.45, 7) is 8.21. The van der Waals surface area contributed by atoms with E-state index in [4.69, 9.17) is 0 Å². The molecular formula is C9H19NOS. The van der Waals surface area contributed by atoms with Gasteiger partial charge >= 0.3 is 0 Å². The number of hydroxylamine groups is 2. The fourth-order valence-electron chi connectivity index (χ4n) is 2.22. The first-order valence-corrected chi connectivity index (χ1v) is 4.95. The topological polar surface area (TPSA) is 23.5 Å². The van der Waals surface area contributed by atoms with Crippen molar-refractivity contribution in [2.75, 3.05) is 0 Å². The van der Waals surface area contributed by atoms with Gasteiger partial charge in [0.05, 0.1) is 0 Å². The minimum atomic E-state index is -0.145. The third-order valence-corrected chi connectivity index (χ3v) is 2.98. The number of hydrogen-bond acceptors (Lipinski definition) is 3. The second kappa shape index (κ2) is 2.89. The fourth-order valence-corrected chi connectivity index (χ4v) is 3.11. The molecule has 12 heavy (non-hydrogen) atoms. The van der Waals surface area contributed by atoms with Crippen molar-refractivity contribution in [2.45, 2.75) is 56.9 Å². The summed E-state index contributed by atoms with van der Waals surface area (Å²) >= 11 is 4.49. The highest BCUT2D eigenvalue weighted by atomic mass is 32.1. The average molecular weight is 189 g/mol. The van der Waals surface area contributed by atoms with Crippen molar-refractivity contribution >= 4 is 12.6 Å². The predicted molar refractivity (Wildman–Crippen MR) is 53.8 cm³/mol. The molecule has 0 aliphatic carbocycles. The van der Waals surface area contributed by atoms with E-state index in [-0.39, 0.29) is 11.1 Å². The van der Waals surface area contributed by atoms with Crippen molar-refractivity contribution in [1.82, 2.24) is 5.06 Å². The molecule has 1 heterocycles. The van der Waals surface area contributed by atoms with Crippen LogP contribution in [0.4, 0.5) is 0 Å². The van der Waals surface area contributed by atoms with Gasteiger partial charge in [-0.2, -0.15) is 17.7 Å². The molecule has 1 N–H and O–H groups in total. The smallest absolute Gasteiger partial charge is 0.0420 e. The molecule has 0 bridgehead atoms. The molecule has 1 aliphatic rings. The molecule has 0 amide bonds. The van der Waals surface area contributed by atoms with Gasteiger partial charge < -0.3 is 5.21 Å². The molecule has 2 nitrogen and oxygen atoms in total. The number of piperidine rings is 1. The Balaban J connectivity index is 2.84. The lowest BCUT2D eigenvalue weighted by Crippen LogP contribution is -2.59. The van der Waals surface area contributed by atoms with E-state index >= 15 is 0 Å². The van der Waals surface area contributed by atoms with Crippen molar-refractivity contribution in [2.24, 2.45) is 0 Å². The van der Waals surface area contributed by atoms with Gasteiger partial charge in [0.15, 0.2) is 0 Å². The largest absolute Gasteiger partial charge is 0.313 e. The molecule has 0 aromatic rings. The van der Waals surface area contributed by atoms with E-state index in [0.717, 1.165) is 12.8 Å². The zero-order valence-corrected chi connectivity index (χ0v) is 9.23. The van der Waals surface area contributed by atoms with Crippen LogP contribution in [-0.2, 0) is 0 Å². The van der Waals surface area contributed by atoms with E-state index in [9.17, 15) is 5.21 Å². The standard InChI is InChI=1S/C9H19NOS/c1-8(2)5-7(12)6-9(3,4)10(8)11/h7,11-12H,5-6H2,1-4H3. The summed E-state index contributed by atoms with van der Waals surface area (Å²) < 4.78 is 0. The summed E-state index contributed by atoms with van der Waals surface area (Å²) in [4.78, 5) is 0. The second-order valence-electron chi connectivity index (χ2n) is 5.00. The molecule has 1 rings (SSSR count). The van der Waals surface area contributed by atoms with Crippen LogP contribution >= 0.6 is 12.6 Å². The fraction of sp³-hybridized carbons (Fsp3) is 1.00. The molecule has 0 unspecified atom stereocenters. The minimum absolute atomic E-state index is 0.145. The van der Waals surface area contributed by atoms with Gasteiger partial charge in [-0.3, -0.25) is 0 Å². The van der Waals surface area contributed by atoms with Crippen LogP contribution in [0.3, 0.4) is 0 Å². The first-order valence-electron chi connectivity index (χ1n) is 4.43. The van der Waals surface area contributed by atoms with Crippen molar-refractivity contribution in [3.8, 4) is 0 Å². The summed E-state index contributed by atoms with van der Waals surface area (Å²) in [5.41, 5.74) is -0.289. The van der Waals surface area contributed by atoms with Gasteiger partial charge in [-0.1, -0.05) is 0 Å². The minimum Gasteiger partial charge on any atom is -0.313 e. The van der Waals surface area contributed by atoms with Crippen LogP contribution in [0.25, 0.3) is 0 Å². The van der Waals surface area contributed by atoms with E-state index in [1.807, 2.05) is 0 Å². The molecule has 72 valence electrons. The van der Waals surface area contributed by atoms with Crippen LogP contribution in [0.15, 0.2) is 0 Å². The maximum atomic E-state index is 9.88. The molecule has 1 aliphatic heterocycles. The van der Waals surface area contributed by atoms with Crippen molar-refractivity contribution in [3.05, 3.63) is 0 Å². The van der Waals surface area contributed by atoms with Gasteiger partial charge in [0.2, 0.25) is 0 Å². The molecule has 3 heteroatoms. The summed E-state index contributed by atoms with van der Waals surface area (Å²) in [6, 6.07) is 0. The highest BCUT2D eigenvalue weighted by Crippen LogP contribution is 2.38. The summed E-state index contributed by atoms with van der Waals surface area (Å²) in [6.07, 6.45) is 1.88. The summed E-state index contributed by atoms with van der Waals surface area (Å²) in [7, 11) is 0. The van der Waals surface area contributed by atoms with Gasteiger partial charge in [-0.05, 0) is 40.5 Å². The maximum Gasteiger partial charge on any atom is 0.0420 e. The highest BCUT2D eigenvalue weighted by Gasteiger charge is 2.43. The first kappa shape index (κ1) is 10.4. The molecule has 0 saturated carbocycles. The zero-order chi connectivity index (χ0) is 9.57. The van der Waals surface area contributed by atoms with Crippen LogP contribution in [0.5, 0.6) is 0 Å². The Morgan fingerprint density at radius 3 is 1.83 bits per heavy atom. The quantitative estimate of drug-likeness (QED) is 0.571. The Labute approximate surface area is 80.3 Å². The zero-order valence-electron chi connectivity index (χ0n) is 8.33. The lowest BCUT2D eigenvalue weighted by atomic mass is 9.82. The Bertz CT molecular complexity index is 161. The van der Waals surface area contributed by atoms with Gasteiger partial charge in [-0.15, -0.1) is 0 Å². The number of hydrogen-bond donors (Lipinski definition) is 2. The van der Waals surface area contributed by atoms with E-state index in [0.29, 0.717) is 5.25 Å². The van der Waals surface area contributed by atoms with Crippen molar-refractivity contribution in [1.29, 1.82) is 0 Å². The maximum absolute atomic E-state index is 9.88. The third kappa shape index (κ3) is 1.78. The van der Waals surface area contributed by atoms with E-state index < -0.39 is 0 Å². The lowest BCUT2D eigenvalue weighted by Gasteiger charge is -2.50. The molecule has 0 aromatic carbocycles. The SMILES string of the molecule is CC1(C)CC(S)CC(C)(C)N1O. The lowest BCUT2D eigenvalue weighted by molar-refractivity contribution is -0.240. The molecular weight excluding hydrogens is 170 g/mol. The van der Waals surface area contributed by atoms with E-state index in [2.05, 4.69) is 40.3 Å². The molecule has 0 radical (unpaired) electrons. The van der Waals surface area contributed by atoms with Gasteiger partial charge in [0.25, 0.3) is 0 Å². The molecule has 1 saturated heterocycles. The van der Waals surface area contributed by atoms with Crippen LogP contribution in [0, 0.1) is 0 Å². The van der Waals surface area contributed by atoms with Gasteiger partial charge in [0, 0.05) is 16.3 Å². The molecule has 0 atom stereocenters. The van der Waals surface area contributed by atoms with Gasteiger partial charge in [0.1, 0.15) is 0 Å². The Morgan fingerprint density at radius 2 is 1.50 bits per heavy atom. The predicted octanol–water partition coefficient (Wildman–Crippen LogP) is 2.33. The van der Waals surface area contributed by atoms with Crippen molar-refractivity contribution in [3.63, 3.8) is 0 Å². The third-order valence-electron chi connectivity index (χ3n) is 2.62. The number of rotatable bonds is 0. The average Bonchev–Trinajstić information content (AvgIpc) is 1.80. The normalized spacial score (nSPS) is 30.5. The Morgan fingerprint density at radius 1 is 1.17 bits per heavy atom. The second-order valence-corrected chi connectivity index (χ2v) is 5.73. The van der Waals surface area contributed by atoms with E-state index in [1.165, 1.54) is 5.06 Å². The molecule has 1 fully saturated rings. The summed E-state index contributed by atoms with van der Waals surface area (Å²) in [5, 5.41) is 11.8. The van der Waals surface area contributed by atoms with Crippen LogP contribution in [0.1, 0.15) is 40.5 Å². The monoisotopic (exact) mass is 189 g/mol. The first-order chi connectivity index (χ1) is 5.26. The Hall–Kier alpha value is 0.270. The number of thiol groups is 1. The van der Waals surface area contributed by atoms with Crippen LogP contribution in [-0.4, -0.2) is 26.6 Å². The Kier molecular flexibility index (Phi) is 2.50. The van der Waals surface area contributed by atoms with E-state index in [1.54, 1.807) is 0 Å². The molecule has 0 aromatic heterocycles. The van der Waals surface area contributed by atoms with Crippen molar-refractivity contribution < 1.29 is 5.21 Å². The number of nitrogens with zero attached hydrogens (tertiary/aromatic N) is 1.